The van der Waals surface area contributed by atoms with Crippen LogP contribution in [0.15, 0.2) is 60.0 Å². The molecule has 0 bridgehead atoms. The zero-order valence-corrected chi connectivity index (χ0v) is 21.2. The average Bonchev–Trinajstić information content (AvgIpc) is 3.35. The number of nitrogens with zero attached hydrogens (tertiary/aromatic N) is 2. The molecule has 0 saturated carbocycles. The Balaban J connectivity index is 1.54. The van der Waals surface area contributed by atoms with Crippen LogP contribution in [-0.2, 0) is 11.2 Å². The Labute approximate surface area is 210 Å². The quantitative estimate of drug-likeness (QED) is 0.407. The van der Waals surface area contributed by atoms with Crippen LogP contribution < -0.4 is 4.74 Å². The number of fused-ring (bicyclic) bond motifs is 1. The number of halogens is 1. The van der Waals surface area contributed by atoms with Crippen molar-refractivity contribution in [2.75, 3.05) is 19.7 Å². The first-order chi connectivity index (χ1) is 16.9. The van der Waals surface area contributed by atoms with E-state index in [0.717, 1.165) is 23.3 Å². The molecule has 0 radical (unpaired) electrons. The number of hydrogen-bond acceptors (Lipinski definition) is 4. The minimum Gasteiger partial charge on any atom is -0.491 e. The topological polar surface area (TPSA) is 49.9 Å². The summed E-state index contributed by atoms with van der Waals surface area (Å²) in [5.74, 6) is -0.0226. The summed E-state index contributed by atoms with van der Waals surface area (Å²) < 4.78 is 19.5. The van der Waals surface area contributed by atoms with Crippen LogP contribution in [0.5, 0.6) is 5.75 Å². The van der Waals surface area contributed by atoms with E-state index in [9.17, 15) is 14.0 Å². The first kappa shape index (κ1) is 24.9. The normalized spacial score (nSPS) is 15.9. The summed E-state index contributed by atoms with van der Waals surface area (Å²) in [6.45, 7) is 6.82. The molecule has 2 heterocycles. The lowest BCUT2D eigenvalue weighted by Gasteiger charge is -2.38. The van der Waals surface area contributed by atoms with Crippen LogP contribution in [0.25, 0.3) is 0 Å². The minimum atomic E-state index is -0.399. The fourth-order valence-electron chi connectivity index (χ4n) is 4.33. The zero-order chi connectivity index (χ0) is 24.9. The summed E-state index contributed by atoms with van der Waals surface area (Å²) in [5.41, 5.74) is 2.64. The van der Waals surface area contributed by atoms with E-state index in [0.29, 0.717) is 25.1 Å². The van der Waals surface area contributed by atoms with E-state index in [2.05, 4.69) is 11.4 Å². The van der Waals surface area contributed by atoms with Gasteiger partial charge in [0.05, 0.1) is 6.04 Å². The molecule has 0 saturated heterocycles. The third-order valence-corrected chi connectivity index (χ3v) is 7.62. The second kappa shape index (κ2) is 11.0. The van der Waals surface area contributed by atoms with Crippen molar-refractivity contribution in [1.82, 2.24) is 9.80 Å². The second-order valence-electron chi connectivity index (χ2n) is 8.97. The largest absolute Gasteiger partial charge is 0.491 e. The molecule has 2 aromatic carbocycles. The fraction of sp³-hybridized carbons (Fsp3) is 0.357. The van der Waals surface area contributed by atoms with Crippen LogP contribution in [0.3, 0.4) is 0 Å². The summed E-state index contributed by atoms with van der Waals surface area (Å²) >= 11 is 1.70. The van der Waals surface area contributed by atoms with Gasteiger partial charge in [0.2, 0.25) is 5.91 Å². The Hall–Kier alpha value is -3.19. The number of hydrogen-bond donors (Lipinski definition) is 0. The van der Waals surface area contributed by atoms with Crippen LogP contribution in [0.4, 0.5) is 4.39 Å². The van der Waals surface area contributed by atoms with Gasteiger partial charge in [0.25, 0.3) is 5.91 Å². The Morgan fingerprint density at radius 2 is 1.86 bits per heavy atom. The number of carbonyl (C=O) groups is 2. The Bertz CT molecular complexity index is 1160. The van der Waals surface area contributed by atoms with Crippen molar-refractivity contribution >= 4 is 23.2 Å². The summed E-state index contributed by atoms with van der Waals surface area (Å²) in [7, 11) is 0. The molecule has 35 heavy (non-hydrogen) atoms. The fourth-order valence-corrected chi connectivity index (χ4v) is 5.26. The van der Waals surface area contributed by atoms with E-state index < -0.39 is 5.82 Å². The molecule has 0 spiro atoms. The van der Waals surface area contributed by atoms with Crippen LogP contribution in [0, 0.1) is 12.7 Å². The first-order valence-electron chi connectivity index (χ1n) is 12.0. The predicted octanol–water partition coefficient (Wildman–Crippen LogP) is 5.64. The highest BCUT2D eigenvalue weighted by molar-refractivity contribution is 7.10. The molecule has 0 N–H and O–H groups in total. The molecule has 184 valence electrons. The molecular weight excluding hydrogens is 463 g/mol. The number of aryl methyl sites for hydroxylation is 1. The molecule has 1 aliphatic rings. The monoisotopic (exact) mass is 494 g/mol. The third kappa shape index (κ3) is 5.73. The SMILES string of the molecule is CC[C@@H](C)N(CC(=O)N1CCc2sccc2[C@@H]1COc1ccc(C)cc1)C(=O)c1ccc(F)cc1. The van der Waals surface area contributed by atoms with E-state index in [1.54, 1.807) is 16.2 Å². The lowest BCUT2D eigenvalue weighted by Crippen LogP contribution is -2.49. The van der Waals surface area contributed by atoms with E-state index in [1.165, 1.54) is 29.1 Å². The summed E-state index contributed by atoms with van der Waals surface area (Å²) in [4.78, 5) is 31.6. The van der Waals surface area contributed by atoms with Gasteiger partial charge >= 0.3 is 0 Å². The molecule has 3 aromatic rings. The van der Waals surface area contributed by atoms with Gasteiger partial charge in [-0.2, -0.15) is 0 Å². The number of amides is 2. The Morgan fingerprint density at radius 3 is 2.54 bits per heavy atom. The van der Waals surface area contributed by atoms with E-state index in [1.807, 2.05) is 49.9 Å². The zero-order valence-electron chi connectivity index (χ0n) is 20.4. The number of thiophene rings is 1. The maximum atomic E-state index is 13.6. The van der Waals surface area contributed by atoms with Gasteiger partial charge in [-0.25, -0.2) is 4.39 Å². The lowest BCUT2D eigenvalue weighted by molar-refractivity contribution is -0.136. The molecule has 5 nitrogen and oxygen atoms in total. The number of benzene rings is 2. The molecule has 7 heteroatoms. The maximum absolute atomic E-state index is 13.6. The molecule has 2 atom stereocenters. The van der Waals surface area contributed by atoms with E-state index in [-0.39, 0.29) is 30.4 Å². The van der Waals surface area contributed by atoms with Crippen LogP contribution >= 0.6 is 11.3 Å². The second-order valence-corrected chi connectivity index (χ2v) is 9.97. The smallest absolute Gasteiger partial charge is 0.254 e. The number of ether oxygens (including phenoxy) is 1. The number of carbonyl (C=O) groups excluding carboxylic acids is 2. The molecule has 1 aliphatic heterocycles. The van der Waals surface area contributed by atoms with Gasteiger partial charge in [0, 0.05) is 23.0 Å². The third-order valence-electron chi connectivity index (χ3n) is 6.62. The summed E-state index contributed by atoms with van der Waals surface area (Å²) in [6.07, 6.45) is 1.49. The van der Waals surface area contributed by atoms with Gasteiger partial charge in [-0.05, 0) is 80.1 Å². The molecule has 0 aliphatic carbocycles. The van der Waals surface area contributed by atoms with Gasteiger partial charge < -0.3 is 14.5 Å². The first-order valence-corrected chi connectivity index (χ1v) is 12.9. The Kier molecular flexibility index (Phi) is 7.86. The van der Waals surface area contributed by atoms with E-state index >= 15 is 0 Å². The van der Waals surface area contributed by atoms with Crippen molar-refractivity contribution < 1.29 is 18.7 Å². The van der Waals surface area contributed by atoms with Crippen molar-refractivity contribution in [2.24, 2.45) is 0 Å². The molecule has 0 unspecified atom stereocenters. The van der Waals surface area contributed by atoms with Crippen LogP contribution in [0.2, 0.25) is 0 Å². The lowest BCUT2D eigenvalue weighted by atomic mass is 10.00. The summed E-state index contributed by atoms with van der Waals surface area (Å²) in [6, 6.07) is 15.0. The van der Waals surface area contributed by atoms with Crippen LogP contribution in [-0.4, -0.2) is 47.4 Å². The Morgan fingerprint density at radius 1 is 1.14 bits per heavy atom. The van der Waals surface area contributed by atoms with Crippen molar-refractivity contribution in [3.63, 3.8) is 0 Å². The van der Waals surface area contributed by atoms with Gasteiger partial charge in [0.1, 0.15) is 24.7 Å². The standard InChI is InChI=1S/C28H31FN2O3S/c1-4-20(3)31(28(33)21-7-9-22(29)10-8-21)17-27(32)30-15-13-26-24(14-16-35-26)25(30)18-34-23-11-5-19(2)6-12-23/h5-12,14,16,20,25H,4,13,15,17-18H2,1-3H3/t20-,25+/m1/s1. The van der Waals surface area contributed by atoms with Gasteiger partial charge in [-0.3, -0.25) is 9.59 Å². The van der Waals surface area contributed by atoms with Crippen molar-refractivity contribution in [3.05, 3.63) is 87.4 Å². The average molecular weight is 495 g/mol. The maximum Gasteiger partial charge on any atom is 0.254 e. The highest BCUT2D eigenvalue weighted by Crippen LogP contribution is 2.34. The predicted molar refractivity (Wildman–Crippen MR) is 136 cm³/mol. The molecule has 4 rings (SSSR count). The highest BCUT2D eigenvalue weighted by atomic mass is 32.1. The van der Waals surface area contributed by atoms with Crippen molar-refractivity contribution in [2.45, 2.75) is 45.7 Å². The minimum absolute atomic E-state index is 0.0360. The summed E-state index contributed by atoms with van der Waals surface area (Å²) in [5, 5.41) is 2.06. The van der Waals surface area contributed by atoms with Crippen molar-refractivity contribution in [3.8, 4) is 5.75 Å². The molecule has 2 amide bonds. The molecular formula is C28H31FN2O3S. The van der Waals surface area contributed by atoms with Gasteiger partial charge in [-0.15, -0.1) is 11.3 Å². The molecule has 1 aromatic heterocycles. The number of rotatable bonds is 8. The van der Waals surface area contributed by atoms with E-state index in [4.69, 9.17) is 4.74 Å². The molecule has 0 fully saturated rings. The highest BCUT2D eigenvalue weighted by Gasteiger charge is 2.34. The van der Waals surface area contributed by atoms with Crippen molar-refractivity contribution in [1.29, 1.82) is 0 Å². The van der Waals surface area contributed by atoms with Gasteiger partial charge in [0.15, 0.2) is 0 Å². The van der Waals surface area contributed by atoms with Crippen LogP contribution in [0.1, 0.15) is 52.7 Å². The van der Waals surface area contributed by atoms with Gasteiger partial charge in [-0.1, -0.05) is 24.6 Å².